The summed E-state index contributed by atoms with van der Waals surface area (Å²) >= 11 is 6.06. The minimum atomic E-state index is -0.367. The van der Waals surface area contributed by atoms with Crippen molar-refractivity contribution < 1.29 is 9.53 Å². The predicted octanol–water partition coefficient (Wildman–Crippen LogP) is 3.27. The number of para-hydroxylation sites is 1. The van der Waals surface area contributed by atoms with E-state index in [1.165, 1.54) is 0 Å². The molecule has 96 valence electrons. The van der Waals surface area contributed by atoms with Crippen molar-refractivity contribution in [3.8, 4) is 0 Å². The third kappa shape index (κ3) is 2.34. The molecule has 1 unspecified atom stereocenters. The number of nitrogens with one attached hydrogen (secondary N) is 1. The molecule has 1 heterocycles. The summed E-state index contributed by atoms with van der Waals surface area (Å²) in [6.07, 6.45) is 0.635. The van der Waals surface area contributed by atoms with Gasteiger partial charge >= 0.3 is 5.97 Å². The van der Waals surface area contributed by atoms with Gasteiger partial charge in [0, 0.05) is 0 Å². The fraction of sp³-hybridized carbons (Fsp3) is 0.385. The van der Waals surface area contributed by atoms with Gasteiger partial charge in [-0.05, 0) is 25.5 Å². The Bertz CT molecular complexity index is 565. The van der Waals surface area contributed by atoms with Crippen molar-refractivity contribution in [3.63, 3.8) is 0 Å². The summed E-state index contributed by atoms with van der Waals surface area (Å²) in [7, 11) is 0. The first-order valence-electron chi connectivity index (χ1n) is 5.98. The largest absolute Gasteiger partial charge is 0.465 e. The van der Waals surface area contributed by atoms with E-state index in [1.54, 1.807) is 13.0 Å². The molecule has 0 spiro atoms. The van der Waals surface area contributed by atoms with Crippen molar-refractivity contribution in [1.82, 2.24) is 9.97 Å². The van der Waals surface area contributed by atoms with E-state index in [2.05, 4.69) is 9.97 Å². The molecule has 0 bridgehead atoms. The van der Waals surface area contributed by atoms with Gasteiger partial charge in [-0.15, -0.1) is 0 Å². The normalized spacial score (nSPS) is 12.6. The number of halogens is 1. The fourth-order valence-electron chi connectivity index (χ4n) is 1.90. The summed E-state index contributed by atoms with van der Waals surface area (Å²) in [5.41, 5.74) is 1.53. The Kier molecular flexibility index (Phi) is 3.87. The number of carbonyl (C=O) groups is 1. The van der Waals surface area contributed by atoms with E-state index >= 15 is 0 Å². The number of imidazole rings is 1. The summed E-state index contributed by atoms with van der Waals surface area (Å²) in [6.45, 7) is 4.09. The Morgan fingerprint density at radius 3 is 2.89 bits per heavy atom. The quantitative estimate of drug-likeness (QED) is 0.864. The average molecular weight is 267 g/mol. The number of hydrogen-bond acceptors (Lipinski definition) is 3. The smallest absolute Gasteiger partial charge is 0.316 e. The number of aromatic amines is 1. The van der Waals surface area contributed by atoms with Crippen LogP contribution in [0.1, 0.15) is 32.0 Å². The molecule has 2 rings (SSSR count). The number of ether oxygens (including phenoxy) is 1. The van der Waals surface area contributed by atoms with Gasteiger partial charge in [0.05, 0.1) is 17.1 Å². The number of rotatable bonds is 4. The number of benzene rings is 1. The van der Waals surface area contributed by atoms with E-state index in [0.29, 0.717) is 29.4 Å². The van der Waals surface area contributed by atoms with Gasteiger partial charge in [0.25, 0.3) is 0 Å². The highest BCUT2D eigenvalue weighted by atomic mass is 35.5. The zero-order valence-corrected chi connectivity index (χ0v) is 11.1. The van der Waals surface area contributed by atoms with Crippen LogP contribution in [-0.4, -0.2) is 22.5 Å². The molecule has 0 aliphatic carbocycles. The third-order valence-corrected chi connectivity index (χ3v) is 3.10. The van der Waals surface area contributed by atoms with E-state index in [9.17, 15) is 4.79 Å². The maximum atomic E-state index is 11.8. The van der Waals surface area contributed by atoms with Crippen molar-refractivity contribution in [3.05, 3.63) is 29.0 Å². The van der Waals surface area contributed by atoms with Gasteiger partial charge in [0.15, 0.2) is 0 Å². The molecule has 1 N–H and O–H groups in total. The SMILES string of the molecule is CCOC(=O)C(CC)c1nc2c(Cl)cccc2[nH]1. The minimum absolute atomic E-state index is 0.254. The molecule has 2 aromatic rings. The average Bonchev–Trinajstić information content (AvgIpc) is 2.75. The van der Waals surface area contributed by atoms with E-state index in [1.807, 2.05) is 19.1 Å². The molecule has 4 nitrogen and oxygen atoms in total. The van der Waals surface area contributed by atoms with Gasteiger partial charge in [-0.3, -0.25) is 4.79 Å². The molecule has 1 atom stereocenters. The lowest BCUT2D eigenvalue weighted by Crippen LogP contribution is -2.16. The van der Waals surface area contributed by atoms with Gasteiger partial charge < -0.3 is 9.72 Å². The van der Waals surface area contributed by atoms with Crippen molar-refractivity contribution >= 4 is 28.6 Å². The van der Waals surface area contributed by atoms with Crippen molar-refractivity contribution in [2.24, 2.45) is 0 Å². The van der Waals surface area contributed by atoms with Crippen LogP contribution in [0.5, 0.6) is 0 Å². The second-order valence-corrected chi connectivity index (χ2v) is 4.38. The van der Waals surface area contributed by atoms with Crippen LogP contribution in [0.4, 0.5) is 0 Å². The fourth-order valence-corrected chi connectivity index (χ4v) is 2.11. The zero-order valence-electron chi connectivity index (χ0n) is 10.4. The number of hydrogen-bond donors (Lipinski definition) is 1. The van der Waals surface area contributed by atoms with Gasteiger partial charge in [0.2, 0.25) is 0 Å². The van der Waals surface area contributed by atoms with Crippen LogP contribution in [0.15, 0.2) is 18.2 Å². The third-order valence-electron chi connectivity index (χ3n) is 2.79. The van der Waals surface area contributed by atoms with Gasteiger partial charge in [0.1, 0.15) is 17.3 Å². The summed E-state index contributed by atoms with van der Waals surface area (Å²) < 4.78 is 5.04. The molecule has 5 heteroatoms. The van der Waals surface area contributed by atoms with Gasteiger partial charge in [-0.2, -0.15) is 0 Å². The molecule has 0 fully saturated rings. The summed E-state index contributed by atoms with van der Waals surface area (Å²) in [6, 6.07) is 5.51. The number of fused-ring (bicyclic) bond motifs is 1. The number of aromatic nitrogens is 2. The minimum Gasteiger partial charge on any atom is -0.465 e. The summed E-state index contributed by atoms with van der Waals surface area (Å²) in [5.74, 6) is -0.0114. The van der Waals surface area contributed by atoms with E-state index in [4.69, 9.17) is 16.3 Å². The van der Waals surface area contributed by atoms with E-state index in [0.717, 1.165) is 5.52 Å². The molecule has 1 aromatic heterocycles. The highest BCUT2D eigenvalue weighted by Gasteiger charge is 2.23. The summed E-state index contributed by atoms with van der Waals surface area (Å²) in [4.78, 5) is 19.4. The van der Waals surface area contributed by atoms with Crippen molar-refractivity contribution in [1.29, 1.82) is 0 Å². The second kappa shape index (κ2) is 5.40. The van der Waals surface area contributed by atoms with Crippen LogP contribution < -0.4 is 0 Å². The molecular formula is C13H15ClN2O2. The predicted molar refractivity (Wildman–Crippen MR) is 70.8 cm³/mol. The maximum absolute atomic E-state index is 11.8. The molecule has 1 aromatic carbocycles. The van der Waals surface area contributed by atoms with Crippen LogP contribution >= 0.6 is 11.6 Å². The Labute approximate surface area is 110 Å². The standard InChI is InChI=1S/C13H15ClN2O2/c1-3-8(13(17)18-4-2)12-15-10-7-5-6-9(14)11(10)16-12/h5-8H,3-4H2,1-2H3,(H,15,16). The zero-order chi connectivity index (χ0) is 13.1. The van der Waals surface area contributed by atoms with E-state index < -0.39 is 0 Å². The second-order valence-electron chi connectivity index (χ2n) is 3.97. The van der Waals surface area contributed by atoms with Crippen LogP contribution in [-0.2, 0) is 9.53 Å². The lowest BCUT2D eigenvalue weighted by atomic mass is 10.1. The van der Waals surface area contributed by atoms with Crippen LogP contribution in [0.25, 0.3) is 11.0 Å². The van der Waals surface area contributed by atoms with E-state index in [-0.39, 0.29) is 11.9 Å². The molecule has 0 saturated heterocycles. The first kappa shape index (κ1) is 12.9. The monoisotopic (exact) mass is 266 g/mol. The highest BCUT2D eigenvalue weighted by Crippen LogP contribution is 2.25. The number of nitrogens with zero attached hydrogens (tertiary/aromatic N) is 1. The van der Waals surface area contributed by atoms with Crippen LogP contribution in [0, 0.1) is 0 Å². The number of esters is 1. The summed E-state index contributed by atoms with van der Waals surface area (Å²) in [5, 5.41) is 0.578. The van der Waals surface area contributed by atoms with Crippen molar-refractivity contribution in [2.75, 3.05) is 6.61 Å². The van der Waals surface area contributed by atoms with Crippen LogP contribution in [0.2, 0.25) is 5.02 Å². The first-order valence-corrected chi connectivity index (χ1v) is 6.35. The Balaban J connectivity index is 2.40. The molecular weight excluding hydrogens is 252 g/mol. The molecule has 0 amide bonds. The lowest BCUT2D eigenvalue weighted by molar-refractivity contribution is -0.145. The molecule has 0 radical (unpaired) electrons. The lowest BCUT2D eigenvalue weighted by Gasteiger charge is -2.10. The Hall–Kier alpha value is -1.55. The number of carbonyl (C=O) groups excluding carboxylic acids is 1. The number of H-pyrrole nitrogens is 1. The van der Waals surface area contributed by atoms with Crippen molar-refractivity contribution in [2.45, 2.75) is 26.2 Å². The Morgan fingerprint density at radius 1 is 1.50 bits per heavy atom. The van der Waals surface area contributed by atoms with Crippen LogP contribution in [0.3, 0.4) is 0 Å². The highest BCUT2D eigenvalue weighted by molar-refractivity contribution is 6.34. The van der Waals surface area contributed by atoms with Gasteiger partial charge in [-0.25, -0.2) is 4.98 Å². The van der Waals surface area contributed by atoms with Gasteiger partial charge in [-0.1, -0.05) is 24.6 Å². The molecule has 0 aliphatic rings. The topological polar surface area (TPSA) is 55.0 Å². The Morgan fingerprint density at radius 2 is 2.28 bits per heavy atom. The molecule has 0 aliphatic heterocycles. The first-order chi connectivity index (χ1) is 8.67. The molecule has 18 heavy (non-hydrogen) atoms. The molecule has 0 saturated carbocycles. The maximum Gasteiger partial charge on any atom is 0.316 e.